The van der Waals surface area contributed by atoms with Crippen molar-refractivity contribution in [3.8, 4) is 11.5 Å². The summed E-state index contributed by atoms with van der Waals surface area (Å²) in [5.74, 6) is 3.68. The SMILES string of the molecule is COc1cnc(N2CCC([C@@H]3C[C@@H]3CCOc3ccc(CC(=O)N(C)C)c(F)c3)CC2)nc1. The van der Waals surface area contributed by atoms with Crippen LogP contribution in [0.5, 0.6) is 11.5 Å². The summed E-state index contributed by atoms with van der Waals surface area (Å²) in [7, 11) is 4.95. The number of methoxy groups -OCH3 is 1. The van der Waals surface area contributed by atoms with Crippen molar-refractivity contribution in [2.45, 2.75) is 32.1 Å². The number of nitrogens with zero attached hydrogens (tertiary/aromatic N) is 4. The molecule has 0 radical (unpaired) electrons. The highest BCUT2D eigenvalue weighted by atomic mass is 19.1. The van der Waals surface area contributed by atoms with Crippen molar-refractivity contribution in [2.75, 3.05) is 45.8 Å². The lowest BCUT2D eigenvalue weighted by molar-refractivity contribution is -0.128. The molecule has 1 aromatic carbocycles. The normalized spacial score (nSPS) is 20.4. The molecule has 0 unspecified atom stereocenters. The molecule has 8 heteroatoms. The zero-order valence-electron chi connectivity index (χ0n) is 19.7. The molecule has 1 aromatic heterocycles. The predicted molar refractivity (Wildman–Crippen MR) is 124 cm³/mol. The number of aromatic nitrogens is 2. The molecule has 0 bridgehead atoms. The minimum absolute atomic E-state index is 0.0618. The number of piperidine rings is 1. The topological polar surface area (TPSA) is 67.8 Å². The lowest BCUT2D eigenvalue weighted by Crippen LogP contribution is -2.35. The van der Waals surface area contributed by atoms with Gasteiger partial charge in [-0.05, 0) is 55.1 Å². The predicted octanol–water partition coefficient (Wildman–Crippen LogP) is 3.58. The van der Waals surface area contributed by atoms with Gasteiger partial charge in [-0.1, -0.05) is 6.07 Å². The van der Waals surface area contributed by atoms with E-state index in [1.165, 1.54) is 17.4 Å². The summed E-state index contributed by atoms with van der Waals surface area (Å²) >= 11 is 0. The molecule has 1 aliphatic heterocycles. The fraction of sp³-hybridized carbons (Fsp3) is 0.560. The molecular weight excluding hydrogens is 423 g/mol. The Morgan fingerprint density at radius 2 is 1.91 bits per heavy atom. The van der Waals surface area contributed by atoms with E-state index < -0.39 is 0 Å². The number of benzene rings is 1. The molecule has 2 aliphatic rings. The van der Waals surface area contributed by atoms with E-state index in [0.717, 1.165) is 50.1 Å². The largest absolute Gasteiger partial charge is 0.494 e. The van der Waals surface area contributed by atoms with Crippen molar-refractivity contribution in [1.82, 2.24) is 14.9 Å². The van der Waals surface area contributed by atoms with E-state index in [1.54, 1.807) is 45.7 Å². The second-order valence-corrected chi connectivity index (χ2v) is 9.26. The lowest BCUT2D eigenvalue weighted by atomic mass is 9.90. The number of carbonyl (C=O) groups is 1. The first-order chi connectivity index (χ1) is 15.9. The molecule has 178 valence electrons. The third kappa shape index (κ3) is 5.92. The molecule has 1 aliphatic carbocycles. The van der Waals surface area contributed by atoms with E-state index in [1.807, 2.05) is 0 Å². The molecular formula is C25H33FN4O3. The van der Waals surface area contributed by atoms with Crippen LogP contribution in [0.3, 0.4) is 0 Å². The van der Waals surface area contributed by atoms with Crippen molar-refractivity contribution < 1.29 is 18.7 Å². The standard InChI is InChI=1S/C25H33FN4O3/c1-29(2)24(31)13-19-4-5-20(14-23(19)26)33-11-8-18-12-22(18)17-6-9-30(10-7-17)25-27-15-21(32-3)16-28-25/h4-5,14-18,22H,6-13H2,1-3H3/t18-,22-/m0/s1. The molecule has 2 heterocycles. The van der Waals surface area contributed by atoms with Crippen LogP contribution in [0.15, 0.2) is 30.6 Å². The maximum atomic E-state index is 14.3. The number of ether oxygens (including phenoxy) is 2. The first-order valence-electron chi connectivity index (χ1n) is 11.7. The Bertz CT molecular complexity index is 945. The number of likely N-dealkylation sites (N-methyl/N-ethyl adjacent to an activating group) is 1. The van der Waals surface area contributed by atoms with Crippen LogP contribution in [0.25, 0.3) is 0 Å². The minimum Gasteiger partial charge on any atom is -0.494 e. The van der Waals surface area contributed by atoms with Gasteiger partial charge in [0, 0.05) is 33.3 Å². The van der Waals surface area contributed by atoms with Gasteiger partial charge in [-0.3, -0.25) is 4.79 Å². The molecule has 1 saturated carbocycles. The summed E-state index contributed by atoms with van der Waals surface area (Å²) in [6.45, 7) is 2.56. The highest BCUT2D eigenvalue weighted by Gasteiger charge is 2.43. The summed E-state index contributed by atoms with van der Waals surface area (Å²) in [5.41, 5.74) is 0.398. The maximum absolute atomic E-state index is 14.3. The number of halogens is 1. The van der Waals surface area contributed by atoms with E-state index in [9.17, 15) is 9.18 Å². The second-order valence-electron chi connectivity index (χ2n) is 9.26. The van der Waals surface area contributed by atoms with Gasteiger partial charge in [0.1, 0.15) is 11.6 Å². The van der Waals surface area contributed by atoms with Crippen molar-refractivity contribution >= 4 is 11.9 Å². The van der Waals surface area contributed by atoms with Crippen LogP contribution in [-0.2, 0) is 11.2 Å². The minimum atomic E-state index is -0.389. The number of hydrogen-bond donors (Lipinski definition) is 0. The number of anilines is 1. The highest BCUT2D eigenvalue weighted by molar-refractivity contribution is 5.78. The van der Waals surface area contributed by atoms with Gasteiger partial charge in [0.15, 0.2) is 5.75 Å². The average molecular weight is 457 g/mol. The van der Waals surface area contributed by atoms with Gasteiger partial charge >= 0.3 is 0 Å². The van der Waals surface area contributed by atoms with Crippen LogP contribution < -0.4 is 14.4 Å². The fourth-order valence-electron chi connectivity index (χ4n) is 4.70. The summed E-state index contributed by atoms with van der Waals surface area (Å²) in [4.78, 5) is 24.3. The van der Waals surface area contributed by atoms with Gasteiger partial charge in [0.2, 0.25) is 11.9 Å². The first-order valence-corrected chi connectivity index (χ1v) is 11.7. The molecule has 33 heavy (non-hydrogen) atoms. The van der Waals surface area contributed by atoms with E-state index in [4.69, 9.17) is 9.47 Å². The van der Waals surface area contributed by atoms with Gasteiger partial charge in [0.25, 0.3) is 0 Å². The third-order valence-corrected chi connectivity index (χ3v) is 6.88. The molecule has 0 N–H and O–H groups in total. The Hall–Kier alpha value is -2.90. The van der Waals surface area contributed by atoms with Crippen LogP contribution in [0.2, 0.25) is 0 Å². The van der Waals surface area contributed by atoms with Crippen LogP contribution in [0.1, 0.15) is 31.2 Å². The highest BCUT2D eigenvalue weighted by Crippen LogP contribution is 2.49. The Morgan fingerprint density at radius 3 is 2.55 bits per heavy atom. The molecule has 1 amide bonds. The molecule has 0 spiro atoms. The van der Waals surface area contributed by atoms with Crippen LogP contribution in [0.4, 0.5) is 10.3 Å². The summed E-state index contributed by atoms with van der Waals surface area (Å²) in [6, 6.07) is 4.79. The quantitative estimate of drug-likeness (QED) is 0.575. The van der Waals surface area contributed by atoms with Crippen LogP contribution >= 0.6 is 0 Å². The van der Waals surface area contributed by atoms with Gasteiger partial charge in [-0.25, -0.2) is 14.4 Å². The zero-order chi connectivity index (χ0) is 23.4. The van der Waals surface area contributed by atoms with E-state index in [-0.39, 0.29) is 18.1 Å². The summed E-state index contributed by atoms with van der Waals surface area (Å²) in [6.07, 6.45) is 8.07. The van der Waals surface area contributed by atoms with Crippen LogP contribution in [-0.4, -0.2) is 61.7 Å². The van der Waals surface area contributed by atoms with Crippen molar-refractivity contribution in [3.63, 3.8) is 0 Å². The molecule has 2 atom stereocenters. The van der Waals surface area contributed by atoms with E-state index in [2.05, 4.69) is 14.9 Å². The van der Waals surface area contributed by atoms with Crippen LogP contribution in [0, 0.1) is 23.6 Å². The number of rotatable bonds is 9. The van der Waals surface area contributed by atoms with Gasteiger partial charge < -0.3 is 19.3 Å². The van der Waals surface area contributed by atoms with Gasteiger partial charge in [-0.2, -0.15) is 0 Å². The van der Waals surface area contributed by atoms with Gasteiger partial charge in [0.05, 0.1) is 32.5 Å². The third-order valence-electron chi connectivity index (χ3n) is 6.88. The van der Waals surface area contributed by atoms with Crippen molar-refractivity contribution in [2.24, 2.45) is 17.8 Å². The van der Waals surface area contributed by atoms with E-state index >= 15 is 0 Å². The first kappa shape index (κ1) is 23.3. The molecule has 4 rings (SSSR count). The number of amides is 1. The van der Waals surface area contributed by atoms with Crippen molar-refractivity contribution in [1.29, 1.82) is 0 Å². The van der Waals surface area contributed by atoms with Crippen molar-refractivity contribution in [3.05, 3.63) is 42.0 Å². The average Bonchev–Trinajstić information content (AvgIpc) is 3.60. The molecule has 2 fully saturated rings. The Labute approximate surface area is 194 Å². The maximum Gasteiger partial charge on any atom is 0.226 e. The molecule has 7 nitrogen and oxygen atoms in total. The Morgan fingerprint density at radius 1 is 1.18 bits per heavy atom. The summed E-state index contributed by atoms with van der Waals surface area (Å²) in [5, 5.41) is 0. The molecule has 2 aromatic rings. The summed E-state index contributed by atoms with van der Waals surface area (Å²) < 4.78 is 25.2. The van der Waals surface area contributed by atoms with E-state index in [0.29, 0.717) is 29.6 Å². The number of hydrogen-bond acceptors (Lipinski definition) is 6. The fourth-order valence-corrected chi connectivity index (χ4v) is 4.70. The Balaban J connectivity index is 1.17. The monoisotopic (exact) mass is 456 g/mol. The Kier molecular flexibility index (Phi) is 7.30. The zero-order valence-corrected chi connectivity index (χ0v) is 19.7. The number of carbonyl (C=O) groups excluding carboxylic acids is 1. The molecule has 1 saturated heterocycles. The smallest absolute Gasteiger partial charge is 0.226 e. The second kappa shape index (κ2) is 10.4. The lowest BCUT2D eigenvalue weighted by Gasteiger charge is -2.32. The van der Waals surface area contributed by atoms with Gasteiger partial charge in [-0.15, -0.1) is 0 Å².